The molecular weight excluding hydrogens is 416 g/mol. The van der Waals surface area contributed by atoms with Crippen LogP contribution in [0.15, 0.2) is 42.5 Å². The van der Waals surface area contributed by atoms with Gasteiger partial charge in [-0.05, 0) is 36.6 Å². The highest BCUT2D eigenvalue weighted by Gasteiger charge is 2.50. The van der Waals surface area contributed by atoms with Crippen molar-refractivity contribution in [2.24, 2.45) is 0 Å². The quantitative estimate of drug-likeness (QED) is 0.751. The largest absolute Gasteiger partial charge is 0.419 e. The number of nitrogens with zero attached hydrogens (tertiary/aromatic N) is 2. The van der Waals surface area contributed by atoms with Gasteiger partial charge >= 0.3 is 6.18 Å². The van der Waals surface area contributed by atoms with Gasteiger partial charge in [-0.2, -0.15) is 13.2 Å². The summed E-state index contributed by atoms with van der Waals surface area (Å²) in [7, 11) is 0. The summed E-state index contributed by atoms with van der Waals surface area (Å²) in [6.45, 7) is 1.26. The SMILES string of the molecule is O=C(c1ccc(-c2cccc(C(F)(F)F)c2F)cc1)N1CCN(C(=O)C2(O)CC2)CC1. The average Bonchev–Trinajstić information content (AvgIpc) is 3.51. The highest BCUT2D eigenvalue weighted by Crippen LogP contribution is 2.37. The van der Waals surface area contributed by atoms with Gasteiger partial charge in [-0.25, -0.2) is 4.39 Å². The Balaban J connectivity index is 1.44. The van der Waals surface area contributed by atoms with E-state index in [2.05, 4.69) is 0 Å². The van der Waals surface area contributed by atoms with Crippen LogP contribution < -0.4 is 0 Å². The minimum atomic E-state index is -4.80. The molecule has 2 aromatic rings. The molecule has 1 N–H and O–H groups in total. The van der Waals surface area contributed by atoms with Gasteiger partial charge in [-0.1, -0.05) is 24.3 Å². The molecule has 1 saturated carbocycles. The lowest BCUT2D eigenvalue weighted by atomic mass is 10.00. The fraction of sp³-hybridized carbons (Fsp3) is 0.364. The van der Waals surface area contributed by atoms with Gasteiger partial charge in [0, 0.05) is 37.3 Å². The number of rotatable bonds is 3. The number of halogens is 4. The van der Waals surface area contributed by atoms with Crippen LogP contribution in [0.2, 0.25) is 0 Å². The van der Waals surface area contributed by atoms with Crippen LogP contribution in [0.4, 0.5) is 17.6 Å². The van der Waals surface area contributed by atoms with Gasteiger partial charge in [0.1, 0.15) is 11.4 Å². The van der Waals surface area contributed by atoms with Crippen LogP contribution >= 0.6 is 0 Å². The molecule has 2 amide bonds. The Kier molecular flexibility index (Phi) is 5.25. The minimum absolute atomic E-state index is 0.195. The fourth-order valence-electron chi connectivity index (χ4n) is 3.69. The lowest BCUT2D eigenvalue weighted by Crippen LogP contribution is -2.53. The van der Waals surface area contributed by atoms with Gasteiger partial charge in [-0.3, -0.25) is 9.59 Å². The molecule has 0 radical (unpaired) electrons. The molecule has 0 bridgehead atoms. The molecule has 5 nitrogen and oxygen atoms in total. The normalized spacial score (nSPS) is 18.1. The van der Waals surface area contributed by atoms with Crippen LogP contribution in [0.5, 0.6) is 0 Å². The van der Waals surface area contributed by atoms with Crippen LogP contribution in [-0.4, -0.2) is 58.5 Å². The van der Waals surface area contributed by atoms with Crippen molar-refractivity contribution >= 4 is 11.8 Å². The Morgan fingerprint density at radius 1 is 0.903 bits per heavy atom. The maximum atomic E-state index is 14.3. The lowest BCUT2D eigenvalue weighted by Gasteiger charge is -2.35. The smallest absolute Gasteiger partial charge is 0.380 e. The van der Waals surface area contributed by atoms with E-state index in [-0.39, 0.29) is 22.9 Å². The zero-order valence-corrected chi connectivity index (χ0v) is 16.5. The van der Waals surface area contributed by atoms with Crippen LogP contribution in [0.3, 0.4) is 0 Å². The molecule has 4 rings (SSSR count). The Hall–Kier alpha value is -2.94. The Bertz CT molecular complexity index is 1010. The maximum absolute atomic E-state index is 14.3. The summed E-state index contributed by atoms with van der Waals surface area (Å²) in [5, 5.41) is 9.94. The summed E-state index contributed by atoms with van der Waals surface area (Å²) >= 11 is 0. The first kappa shape index (κ1) is 21.3. The molecule has 1 heterocycles. The summed E-state index contributed by atoms with van der Waals surface area (Å²) in [6.07, 6.45) is -3.87. The van der Waals surface area contributed by atoms with Gasteiger partial charge in [0.15, 0.2) is 0 Å². The Morgan fingerprint density at radius 2 is 1.48 bits per heavy atom. The molecule has 0 aromatic heterocycles. The van der Waals surface area contributed by atoms with E-state index in [1.54, 1.807) is 9.80 Å². The van der Waals surface area contributed by atoms with E-state index < -0.39 is 23.2 Å². The van der Waals surface area contributed by atoms with E-state index in [1.165, 1.54) is 30.3 Å². The van der Waals surface area contributed by atoms with Gasteiger partial charge in [0.05, 0.1) is 5.56 Å². The third kappa shape index (κ3) is 4.14. The summed E-state index contributed by atoms with van der Waals surface area (Å²) in [6, 6.07) is 8.79. The van der Waals surface area contributed by atoms with Crippen LogP contribution in [0.1, 0.15) is 28.8 Å². The van der Waals surface area contributed by atoms with Crippen molar-refractivity contribution in [1.29, 1.82) is 0 Å². The summed E-state index contributed by atoms with van der Waals surface area (Å²) in [5.41, 5.74) is -2.22. The van der Waals surface area contributed by atoms with Crippen molar-refractivity contribution in [3.63, 3.8) is 0 Å². The number of aliphatic hydroxyl groups is 1. The summed E-state index contributed by atoms with van der Waals surface area (Å²) in [4.78, 5) is 28.0. The van der Waals surface area contributed by atoms with E-state index in [1.807, 2.05) is 0 Å². The number of hydrogen-bond donors (Lipinski definition) is 1. The second kappa shape index (κ2) is 7.64. The molecule has 9 heteroatoms. The zero-order chi connectivity index (χ0) is 22.4. The molecule has 2 fully saturated rings. The Labute approximate surface area is 175 Å². The third-order valence-corrected chi connectivity index (χ3v) is 5.72. The molecule has 0 spiro atoms. The standard InChI is InChI=1S/C22H20F4N2O3/c23-18-16(2-1-3-17(18)22(24,25)26)14-4-6-15(7-5-14)19(29)27-10-12-28(13-11-27)20(30)21(31)8-9-21/h1-7,31H,8-13H2. The van der Waals surface area contributed by atoms with Crippen LogP contribution in [0, 0.1) is 5.82 Å². The monoisotopic (exact) mass is 436 g/mol. The number of alkyl halides is 3. The number of hydrogen-bond acceptors (Lipinski definition) is 3. The van der Waals surface area contributed by atoms with Crippen LogP contribution in [-0.2, 0) is 11.0 Å². The summed E-state index contributed by atoms with van der Waals surface area (Å²) in [5.74, 6) is -1.94. The molecule has 0 atom stereocenters. The van der Waals surface area contributed by atoms with Crippen molar-refractivity contribution in [3.8, 4) is 11.1 Å². The van der Waals surface area contributed by atoms with Gasteiger partial charge in [-0.15, -0.1) is 0 Å². The molecule has 1 aliphatic carbocycles. The molecule has 31 heavy (non-hydrogen) atoms. The lowest BCUT2D eigenvalue weighted by molar-refractivity contribution is -0.144. The predicted molar refractivity (Wildman–Crippen MR) is 104 cm³/mol. The van der Waals surface area contributed by atoms with Crippen molar-refractivity contribution < 1.29 is 32.3 Å². The number of carbonyl (C=O) groups is 2. The maximum Gasteiger partial charge on any atom is 0.419 e. The van der Waals surface area contributed by atoms with E-state index in [0.717, 1.165) is 6.07 Å². The summed E-state index contributed by atoms with van der Waals surface area (Å²) < 4.78 is 53.2. The molecule has 2 aromatic carbocycles. The van der Waals surface area contributed by atoms with Crippen molar-refractivity contribution in [3.05, 3.63) is 59.4 Å². The molecule has 2 aliphatic rings. The zero-order valence-electron chi connectivity index (χ0n) is 16.5. The van der Waals surface area contributed by atoms with E-state index in [4.69, 9.17) is 0 Å². The van der Waals surface area contributed by atoms with Gasteiger partial charge in [0.25, 0.3) is 11.8 Å². The molecule has 0 unspecified atom stereocenters. The number of benzene rings is 2. The van der Waals surface area contributed by atoms with Gasteiger partial charge < -0.3 is 14.9 Å². The number of piperazine rings is 1. The van der Waals surface area contributed by atoms with E-state index in [0.29, 0.717) is 50.7 Å². The van der Waals surface area contributed by atoms with Crippen molar-refractivity contribution in [1.82, 2.24) is 9.80 Å². The predicted octanol–water partition coefficient (Wildman–Crippen LogP) is 3.32. The highest BCUT2D eigenvalue weighted by molar-refractivity contribution is 5.95. The molecular formula is C22H20F4N2O3. The number of carbonyl (C=O) groups excluding carboxylic acids is 2. The van der Waals surface area contributed by atoms with Crippen molar-refractivity contribution in [2.75, 3.05) is 26.2 Å². The van der Waals surface area contributed by atoms with Crippen LogP contribution in [0.25, 0.3) is 11.1 Å². The first-order chi connectivity index (χ1) is 14.6. The fourth-order valence-corrected chi connectivity index (χ4v) is 3.69. The second-order valence-electron chi connectivity index (χ2n) is 7.86. The van der Waals surface area contributed by atoms with E-state index >= 15 is 0 Å². The highest BCUT2D eigenvalue weighted by atomic mass is 19.4. The molecule has 164 valence electrons. The average molecular weight is 436 g/mol. The Morgan fingerprint density at radius 3 is 2.03 bits per heavy atom. The minimum Gasteiger partial charge on any atom is -0.380 e. The second-order valence-corrected chi connectivity index (χ2v) is 7.86. The van der Waals surface area contributed by atoms with Gasteiger partial charge in [0.2, 0.25) is 0 Å². The molecule has 1 saturated heterocycles. The number of amides is 2. The topological polar surface area (TPSA) is 60.9 Å². The first-order valence-corrected chi connectivity index (χ1v) is 9.87. The van der Waals surface area contributed by atoms with E-state index in [9.17, 15) is 32.3 Å². The first-order valence-electron chi connectivity index (χ1n) is 9.87. The third-order valence-electron chi connectivity index (χ3n) is 5.72. The molecule has 1 aliphatic heterocycles. The van der Waals surface area contributed by atoms with Crippen molar-refractivity contribution in [2.45, 2.75) is 24.6 Å².